The molecule has 2 nitrogen and oxygen atoms in total. The zero-order chi connectivity index (χ0) is 13.8. The van der Waals surface area contributed by atoms with Gasteiger partial charge in [-0.05, 0) is 47.6 Å². The Balaban J connectivity index is 1.99. The molecule has 0 spiro atoms. The van der Waals surface area contributed by atoms with Crippen molar-refractivity contribution in [3.05, 3.63) is 21.9 Å². The molecule has 1 aromatic heterocycles. The van der Waals surface area contributed by atoms with Crippen LogP contribution in [0.1, 0.15) is 44.7 Å². The third kappa shape index (κ3) is 4.04. The first kappa shape index (κ1) is 15.0. The Labute approximate surface area is 122 Å². The van der Waals surface area contributed by atoms with Crippen molar-refractivity contribution >= 4 is 11.3 Å². The minimum Gasteiger partial charge on any atom is -0.311 e. The Morgan fingerprint density at radius 1 is 1.42 bits per heavy atom. The molecule has 0 saturated carbocycles. The van der Waals surface area contributed by atoms with Crippen molar-refractivity contribution in [1.29, 1.82) is 0 Å². The van der Waals surface area contributed by atoms with Crippen LogP contribution < -0.4 is 5.32 Å². The number of nitrogens with zero attached hydrogens (tertiary/aromatic N) is 1. The van der Waals surface area contributed by atoms with Gasteiger partial charge in [-0.1, -0.05) is 20.8 Å². The molecule has 0 bridgehead atoms. The van der Waals surface area contributed by atoms with Crippen LogP contribution in [0, 0.1) is 12.8 Å². The smallest absolute Gasteiger partial charge is 0.0248 e. The van der Waals surface area contributed by atoms with Gasteiger partial charge >= 0.3 is 0 Å². The van der Waals surface area contributed by atoms with Crippen LogP contribution >= 0.6 is 11.3 Å². The average Bonchev–Trinajstić information content (AvgIpc) is 2.75. The SMILES string of the molecule is CCC1CNC(CC(C)C)CN1Cc1cscc1C. The van der Waals surface area contributed by atoms with E-state index in [2.05, 4.69) is 48.7 Å². The lowest BCUT2D eigenvalue weighted by Gasteiger charge is -2.40. The van der Waals surface area contributed by atoms with Crippen molar-refractivity contribution in [2.45, 2.75) is 59.2 Å². The first-order chi connectivity index (χ1) is 9.10. The summed E-state index contributed by atoms with van der Waals surface area (Å²) in [5.41, 5.74) is 2.98. The van der Waals surface area contributed by atoms with Gasteiger partial charge in [-0.3, -0.25) is 4.90 Å². The van der Waals surface area contributed by atoms with Gasteiger partial charge in [-0.15, -0.1) is 0 Å². The van der Waals surface area contributed by atoms with Crippen LogP contribution in [-0.4, -0.2) is 30.1 Å². The average molecular weight is 280 g/mol. The van der Waals surface area contributed by atoms with Gasteiger partial charge in [0.25, 0.3) is 0 Å². The highest BCUT2D eigenvalue weighted by atomic mass is 32.1. The highest BCUT2D eigenvalue weighted by Crippen LogP contribution is 2.21. The third-order valence-corrected chi connectivity index (χ3v) is 5.09. The van der Waals surface area contributed by atoms with E-state index in [0.29, 0.717) is 12.1 Å². The Hall–Kier alpha value is -0.380. The Morgan fingerprint density at radius 3 is 2.79 bits per heavy atom. The van der Waals surface area contributed by atoms with Crippen molar-refractivity contribution in [3.8, 4) is 0 Å². The van der Waals surface area contributed by atoms with E-state index in [9.17, 15) is 0 Å². The summed E-state index contributed by atoms with van der Waals surface area (Å²) < 4.78 is 0. The fraction of sp³-hybridized carbons (Fsp3) is 0.750. The van der Waals surface area contributed by atoms with Crippen LogP contribution in [0.25, 0.3) is 0 Å². The van der Waals surface area contributed by atoms with E-state index in [0.717, 1.165) is 19.0 Å². The van der Waals surface area contributed by atoms with Gasteiger partial charge in [0.2, 0.25) is 0 Å². The van der Waals surface area contributed by atoms with Gasteiger partial charge in [0, 0.05) is 31.7 Å². The number of hydrogen-bond acceptors (Lipinski definition) is 3. The summed E-state index contributed by atoms with van der Waals surface area (Å²) in [5.74, 6) is 0.778. The van der Waals surface area contributed by atoms with Crippen molar-refractivity contribution in [1.82, 2.24) is 10.2 Å². The highest BCUT2D eigenvalue weighted by Gasteiger charge is 2.27. The second kappa shape index (κ2) is 6.87. The Bertz CT molecular complexity index is 386. The summed E-state index contributed by atoms with van der Waals surface area (Å²) >= 11 is 1.83. The molecule has 0 aromatic carbocycles. The van der Waals surface area contributed by atoms with E-state index in [1.54, 1.807) is 0 Å². The molecule has 3 heteroatoms. The molecule has 1 fully saturated rings. The Kier molecular flexibility index (Phi) is 5.43. The minimum atomic E-state index is 0.668. The second-order valence-electron chi connectivity index (χ2n) is 6.31. The minimum absolute atomic E-state index is 0.668. The van der Waals surface area contributed by atoms with Crippen LogP contribution in [0.4, 0.5) is 0 Å². The normalized spacial score (nSPS) is 25.1. The monoisotopic (exact) mass is 280 g/mol. The third-order valence-electron chi connectivity index (χ3n) is 4.18. The molecular formula is C16H28N2S. The quantitative estimate of drug-likeness (QED) is 0.885. The predicted octanol–water partition coefficient (Wildman–Crippen LogP) is 3.66. The lowest BCUT2D eigenvalue weighted by atomic mass is 9.98. The van der Waals surface area contributed by atoms with E-state index in [4.69, 9.17) is 0 Å². The summed E-state index contributed by atoms with van der Waals surface area (Å²) in [5, 5.41) is 8.33. The molecule has 1 aliphatic rings. The number of nitrogens with one attached hydrogen (secondary N) is 1. The zero-order valence-corrected chi connectivity index (χ0v) is 13.6. The van der Waals surface area contributed by atoms with Gasteiger partial charge in [0.05, 0.1) is 0 Å². The topological polar surface area (TPSA) is 15.3 Å². The van der Waals surface area contributed by atoms with Crippen LogP contribution in [0.2, 0.25) is 0 Å². The summed E-state index contributed by atoms with van der Waals surface area (Å²) in [6.45, 7) is 12.7. The molecule has 2 rings (SSSR count). The van der Waals surface area contributed by atoms with Crippen LogP contribution in [-0.2, 0) is 6.54 Å². The standard InChI is InChI=1S/C16H28N2S/c1-5-16-7-17-15(6-12(2)3)9-18(16)8-14-11-19-10-13(14)4/h10-12,15-17H,5-9H2,1-4H3. The number of rotatable bonds is 5. The van der Waals surface area contributed by atoms with E-state index in [1.807, 2.05) is 11.3 Å². The van der Waals surface area contributed by atoms with Gasteiger partial charge in [-0.25, -0.2) is 0 Å². The summed E-state index contributed by atoms with van der Waals surface area (Å²) in [6, 6.07) is 1.37. The van der Waals surface area contributed by atoms with Crippen LogP contribution in [0.15, 0.2) is 10.8 Å². The molecule has 0 aliphatic carbocycles. The van der Waals surface area contributed by atoms with Crippen LogP contribution in [0.5, 0.6) is 0 Å². The first-order valence-electron chi connectivity index (χ1n) is 7.59. The molecular weight excluding hydrogens is 252 g/mol. The molecule has 19 heavy (non-hydrogen) atoms. The van der Waals surface area contributed by atoms with E-state index < -0.39 is 0 Å². The van der Waals surface area contributed by atoms with Gasteiger partial charge in [0.15, 0.2) is 0 Å². The lowest BCUT2D eigenvalue weighted by Crippen LogP contribution is -2.56. The Morgan fingerprint density at radius 2 is 2.21 bits per heavy atom. The molecule has 0 amide bonds. The predicted molar refractivity (Wildman–Crippen MR) is 84.8 cm³/mol. The maximum Gasteiger partial charge on any atom is 0.0248 e. The molecule has 1 saturated heterocycles. The fourth-order valence-corrected chi connectivity index (χ4v) is 3.87. The number of piperazine rings is 1. The number of aryl methyl sites for hydroxylation is 1. The van der Waals surface area contributed by atoms with Gasteiger partial charge in [-0.2, -0.15) is 11.3 Å². The van der Waals surface area contributed by atoms with Crippen molar-refractivity contribution in [2.75, 3.05) is 13.1 Å². The van der Waals surface area contributed by atoms with Crippen molar-refractivity contribution < 1.29 is 0 Å². The van der Waals surface area contributed by atoms with Crippen LogP contribution in [0.3, 0.4) is 0 Å². The maximum absolute atomic E-state index is 3.74. The van der Waals surface area contributed by atoms with E-state index in [-0.39, 0.29) is 0 Å². The molecule has 1 aromatic rings. The number of hydrogen-bond donors (Lipinski definition) is 1. The van der Waals surface area contributed by atoms with Gasteiger partial charge < -0.3 is 5.32 Å². The molecule has 1 N–H and O–H groups in total. The lowest BCUT2D eigenvalue weighted by molar-refractivity contribution is 0.111. The summed E-state index contributed by atoms with van der Waals surface area (Å²) in [7, 11) is 0. The van der Waals surface area contributed by atoms with Crippen molar-refractivity contribution in [3.63, 3.8) is 0 Å². The molecule has 2 heterocycles. The molecule has 108 valence electrons. The fourth-order valence-electron chi connectivity index (χ4n) is 3.02. The van der Waals surface area contributed by atoms with Crippen molar-refractivity contribution in [2.24, 2.45) is 5.92 Å². The molecule has 2 atom stereocenters. The van der Waals surface area contributed by atoms with E-state index >= 15 is 0 Å². The molecule has 0 radical (unpaired) electrons. The second-order valence-corrected chi connectivity index (χ2v) is 7.05. The molecule has 1 aliphatic heterocycles. The van der Waals surface area contributed by atoms with E-state index in [1.165, 1.54) is 30.5 Å². The first-order valence-corrected chi connectivity index (χ1v) is 8.53. The number of thiophene rings is 1. The maximum atomic E-state index is 3.74. The highest BCUT2D eigenvalue weighted by molar-refractivity contribution is 7.08. The summed E-state index contributed by atoms with van der Waals surface area (Å²) in [4.78, 5) is 2.69. The van der Waals surface area contributed by atoms with Gasteiger partial charge in [0.1, 0.15) is 0 Å². The summed E-state index contributed by atoms with van der Waals surface area (Å²) in [6.07, 6.45) is 2.53. The molecule has 2 unspecified atom stereocenters. The largest absolute Gasteiger partial charge is 0.311 e. The zero-order valence-electron chi connectivity index (χ0n) is 12.8.